The van der Waals surface area contributed by atoms with E-state index in [1.165, 1.54) is 138 Å². The molecule has 7 rings (SSSR count). The molecule has 0 spiro atoms. The minimum atomic E-state index is 0.181. The van der Waals surface area contributed by atoms with Gasteiger partial charge in [-0.05, 0) is 110 Å². The molecule has 42 heavy (non-hydrogen) atoms. The van der Waals surface area contributed by atoms with Crippen LogP contribution in [-0.2, 0) is 6.42 Å². The quantitative estimate of drug-likeness (QED) is 0.264. The van der Waals surface area contributed by atoms with Crippen LogP contribution in [-0.4, -0.2) is 29.1 Å². The highest BCUT2D eigenvalue weighted by atomic mass is 15.3. The van der Waals surface area contributed by atoms with E-state index >= 15 is 0 Å². The summed E-state index contributed by atoms with van der Waals surface area (Å²) in [4.78, 5) is 3.22. The summed E-state index contributed by atoms with van der Waals surface area (Å²) in [7, 11) is 0. The Hall–Kier alpha value is -2.32. The van der Waals surface area contributed by atoms with Crippen LogP contribution in [0.3, 0.4) is 0 Å². The summed E-state index contributed by atoms with van der Waals surface area (Å²) in [5.74, 6) is 0.820. The maximum atomic E-state index is 4.39. The largest absolute Gasteiger partial charge is 0.378 e. The first-order valence-electron chi connectivity index (χ1n) is 17.7. The third kappa shape index (κ3) is 6.03. The zero-order chi connectivity index (χ0) is 28.4. The van der Waals surface area contributed by atoms with E-state index in [2.05, 4.69) is 83.9 Å². The van der Waals surface area contributed by atoms with Gasteiger partial charge in [-0.3, -0.25) is 4.90 Å². The number of aryl methyl sites for hydroxylation is 1. The van der Waals surface area contributed by atoms with Crippen molar-refractivity contribution in [1.82, 2.24) is 4.90 Å². The molecule has 224 valence electrons. The fourth-order valence-corrected chi connectivity index (χ4v) is 9.58. The van der Waals surface area contributed by atoms with Gasteiger partial charge >= 0.3 is 0 Å². The molecule has 3 aromatic rings. The molecule has 2 nitrogen and oxygen atoms in total. The van der Waals surface area contributed by atoms with Gasteiger partial charge in [-0.2, -0.15) is 0 Å². The van der Waals surface area contributed by atoms with E-state index in [9.17, 15) is 0 Å². The molecular weight excluding hydrogens is 508 g/mol. The highest BCUT2D eigenvalue weighted by Gasteiger charge is 2.53. The molecule has 1 atom stereocenters. The number of rotatable bonds is 10. The van der Waals surface area contributed by atoms with E-state index in [-0.39, 0.29) is 5.54 Å². The molecule has 0 amide bonds. The van der Waals surface area contributed by atoms with Crippen LogP contribution in [0.4, 0.5) is 5.69 Å². The van der Waals surface area contributed by atoms with Gasteiger partial charge in [0.15, 0.2) is 0 Å². The van der Waals surface area contributed by atoms with Crippen LogP contribution in [0.2, 0.25) is 0 Å². The van der Waals surface area contributed by atoms with Crippen LogP contribution in [0.15, 0.2) is 66.7 Å². The minimum absolute atomic E-state index is 0.181. The Kier molecular flexibility index (Phi) is 8.37. The second-order valence-electron chi connectivity index (χ2n) is 15.0. The van der Waals surface area contributed by atoms with Gasteiger partial charge < -0.3 is 5.32 Å². The molecular formula is C40H54N2. The standard InChI is InChI=1S/C40H54N2/c1-31-14-8-9-19-35(31)29-39(26-27-39)30-42(37-20-6-3-7-21-37)38(33-16-4-2-5-17-33)40(24-12-13-25-40)41-36-23-22-32-15-10-11-18-34(32)28-36/h8-11,14-15,18-19,22-23,28,33,37-38,41H,2-7,12-13,16-17,20-21,24-27,29-30H2,1H3. The van der Waals surface area contributed by atoms with Crippen molar-refractivity contribution in [2.24, 2.45) is 11.3 Å². The monoisotopic (exact) mass is 562 g/mol. The number of fused-ring (bicyclic) bond motifs is 1. The Labute approximate surface area is 255 Å². The van der Waals surface area contributed by atoms with Crippen LogP contribution in [0.5, 0.6) is 0 Å². The number of benzene rings is 3. The third-order valence-electron chi connectivity index (χ3n) is 12.0. The van der Waals surface area contributed by atoms with E-state index in [1.54, 1.807) is 5.56 Å². The molecule has 0 aliphatic heterocycles. The molecule has 4 aliphatic carbocycles. The average Bonchev–Trinajstić information content (AvgIpc) is 3.63. The van der Waals surface area contributed by atoms with Crippen molar-refractivity contribution < 1.29 is 0 Å². The van der Waals surface area contributed by atoms with Crippen LogP contribution in [0.25, 0.3) is 10.8 Å². The molecule has 4 aliphatic rings. The molecule has 0 radical (unpaired) electrons. The van der Waals surface area contributed by atoms with Gasteiger partial charge in [0.25, 0.3) is 0 Å². The highest BCUT2D eigenvalue weighted by molar-refractivity contribution is 5.85. The molecule has 2 heteroatoms. The summed E-state index contributed by atoms with van der Waals surface area (Å²) in [5.41, 5.74) is 5.08. The Morgan fingerprint density at radius 2 is 1.38 bits per heavy atom. The Morgan fingerprint density at radius 3 is 2.10 bits per heavy atom. The van der Waals surface area contributed by atoms with Crippen molar-refractivity contribution in [3.05, 3.63) is 77.9 Å². The Bertz CT molecular complexity index is 1320. The van der Waals surface area contributed by atoms with Crippen molar-refractivity contribution in [1.29, 1.82) is 0 Å². The van der Waals surface area contributed by atoms with E-state index in [0.29, 0.717) is 11.5 Å². The van der Waals surface area contributed by atoms with E-state index in [1.807, 2.05) is 0 Å². The third-order valence-corrected chi connectivity index (χ3v) is 12.0. The summed E-state index contributed by atoms with van der Waals surface area (Å²) in [5, 5.41) is 7.10. The van der Waals surface area contributed by atoms with Crippen LogP contribution in [0, 0.1) is 18.3 Å². The van der Waals surface area contributed by atoms with Crippen molar-refractivity contribution in [2.45, 2.75) is 134 Å². The Morgan fingerprint density at radius 1 is 0.714 bits per heavy atom. The van der Waals surface area contributed by atoms with Crippen molar-refractivity contribution in [3.8, 4) is 0 Å². The number of hydrogen-bond acceptors (Lipinski definition) is 2. The number of nitrogens with zero attached hydrogens (tertiary/aromatic N) is 1. The first-order valence-corrected chi connectivity index (χ1v) is 17.7. The van der Waals surface area contributed by atoms with Gasteiger partial charge in [0.05, 0.1) is 5.54 Å². The lowest BCUT2D eigenvalue weighted by molar-refractivity contribution is 0.00207. The zero-order valence-corrected chi connectivity index (χ0v) is 26.3. The SMILES string of the molecule is Cc1ccccc1CC1(CN(C2CCCCC2)C(C2CCCCC2)C2(Nc3ccc4ccccc4c3)CCCC2)CC1. The lowest BCUT2D eigenvalue weighted by Crippen LogP contribution is -2.63. The van der Waals surface area contributed by atoms with Crippen molar-refractivity contribution in [3.63, 3.8) is 0 Å². The van der Waals surface area contributed by atoms with Crippen LogP contribution < -0.4 is 5.32 Å². The van der Waals surface area contributed by atoms with Crippen molar-refractivity contribution >= 4 is 16.5 Å². The molecule has 1 N–H and O–H groups in total. The summed E-state index contributed by atoms with van der Waals surface area (Å²) in [6.07, 6.45) is 23.8. The average molecular weight is 563 g/mol. The smallest absolute Gasteiger partial charge is 0.0531 e. The number of nitrogens with one attached hydrogen (secondary N) is 1. The maximum Gasteiger partial charge on any atom is 0.0531 e. The topological polar surface area (TPSA) is 15.3 Å². The van der Waals surface area contributed by atoms with E-state index in [4.69, 9.17) is 0 Å². The van der Waals surface area contributed by atoms with Gasteiger partial charge in [-0.1, -0.05) is 106 Å². The normalized spacial score (nSPS) is 23.3. The zero-order valence-electron chi connectivity index (χ0n) is 26.3. The molecule has 0 bridgehead atoms. The van der Waals surface area contributed by atoms with Crippen LogP contribution >= 0.6 is 0 Å². The van der Waals surface area contributed by atoms with Gasteiger partial charge in [0.1, 0.15) is 0 Å². The molecule has 0 saturated heterocycles. The van der Waals surface area contributed by atoms with Gasteiger partial charge in [0.2, 0.25) is 0 Å². The molecule has 4 saturated carbocycles. The molecule has 3 aromatic carbocycles. The highest BCUT2D eigenvalue weighted by Crippen LogP contribution is 2.53. The lowest BCUT2D eigenvalue weighted by Gasteiger charge is -2.54. The number of hydrogen-bond donors (Lipinski definition) is 1. The molecule has 1 unspecified atom stereocenters. The molecule has 0 heterocycles. The predicted octanol–water partition coefficient (Wildman–Crippen LogP) is 10.5. The molecule has 4 fully saturated rings. The lowest BCUT2D eigenvalue weighted by atomic mass is 9.71. The van der Waals surface area contributed by atoms with Gasteiger partial charge in [-0.25, -0.2) is 0 Å². The fraction of sp³-hybridized carbons (Fsp3) is 0.600. The maximum absolute atomic E-state index is 4.39. The minimum Gasteiger partial charge on any atom is -0.378 e. The van der Waals surface area contributed by atoms with E-state index in [0.717, 1.165) is 12.0 Å². The van der Waals surface area contributed by atoms with Gasteiger partial charge in [0, 0.05) is 24.3 Å². The summed E-state index contributed by atoms with van der Waals surface area (Å²) in [6, 6.07) is 26.7. The summed E-state index contributed by atoms with van der Waals surface area (Å²) in [6.45, 7) is 3.64. The van der Waals surface area contributed by atoms with E-state index < -0.39 is 0 Å². The van der Waals surface area contributed by atoms with Crippen LogP contribution in [0.1, 0.15) is 114 Å². The second kappa shape index (κ2) is 12.4. The van der Waals surface area contributed by atoms with Crippen molar-refractivity contribution in [2.75, 3.05) is 11.9 Å². The fourth-order valence-electron chi connectivity index (χ4n) is 9.58. The van der Waals surface area contributed by atoms with Gasteiger partial charge in [-0.15, -0.1) is 0 Å². The summed E-state index contributed by atoms with van der Waals surface area (Å²) < 4.78 is 0. The molecule has 0 aromatic heterocycles. The Balaban J connectivity index is 1.26. The predicted molar refractivity (Wildman–Crippen MR) is 179 cm³/mol. The number of anilines is 1. The first-order chi connectivity index (χ1) is 20.6. The summed E-state index contributed by atoms with van der Waals surface area (Å²) >= 11 is 0. The first kappa shape index (κ1) is 28.5. The second-order valence-corrected chi connectivity index (χ2v) is 15.0.